The van der Waals surface area contributed by atoms with Gasteiger partial charge in [0.15, 0.2) is 0 Å². The molecule has 1 aromatic carbocycles. The minimum absolute atomic E-state index is 0.00124. The first-order valence-corrected chi connectivity index (χ1v) is 8.14. The number of benzene rings is 1. The molecule has 2 N–H and O–H groups in total. The number of hydrogen-bond donors (Lipinski definition) is 2. The van der Waals surface area contributed by atoms with Gasteiger partial charge in [0.1, 0.15) is 6.04 Å². The number of halogens is 1. The summed E-state index contributed by atoms with van der Waals surface area (Å²) in [5.74, 6) is 0.314. The van der Waals surface area contributed by atoms with Crippen LogP contribution in [0.4, 0.5) is 5.69 Å². The first kappa shape index (κ1) is 18.8. The number of alkyl halides is 1. The lowest BCUT2D eigenvalue weighted by molar-refractivity contribution is -0.890. The van der Waals surface area contributed by atoms with Gasteiger partial charge in [0.05, 0.1) is 26.1 Å². The smallest absolute Gasteiger partial charge is 0.227 e. The van der Waals surface area contributed by atoms with Crippen LogP contribution in [0.15, 0.2) is 24.3 Å². The maximum atomic E-state index is 12.2. The maximum absolute atomic E-state index is 12.2. The number of likely N-dealkylation sites (N-methyl/N-ethyl adjacent to an activating group) is 1. The van der Waals surface area contributed by atoms with Crippen LogP contribution in [0, 0.1) is 5.41 Å². The predicted molar refractivity (Wildman–Crippen MR) is 93.8 cm³/mol. The second-order valence-corrected chi connectivity index (χ2v) is 7.11. The highest BCUT2D eigenvalue weighted by Gasteiger charge is 2.28. The highest BCUT2D eigenvalue weighted by Crippen LogP contribution is 2.18. The number of amides is 1. The molecular weight excluding hydrogens is 298 g/mol. The second kappa shape index (κ2) is 7.84. The Morgan fingerprint density at radius 2 is 1.82 bits per heavy atom. The summed E-state index contributed by atoms with van der Waals surface area (Å²) >= 11 is 5.86. The minimum Gasteiger partial charge on any atom is -0.378 e. The molecule has 0 bridgehead atoms. The van der Waals surface area contributed by atoms with Crippen molar-refractivity contribution in [2.45, 2.75) is 19.9 Å². The van der Waals surface area contributed by atoms with Gasteiger partial charge in [-0.1, -0.05) is 12.1 Å². The van der Waals surface area contributed by atoms with Crippen molar-refractivity contribution >= 4 is 23.2 Å². The molecule has 1 atom stereocenters. The van der Waals surface area contributed by atoms with E-state index in [1.54, 1.807) is 0 Å². The van der Waals surface area contributed by atoms with E-state index in [1.165, 1.54) is 16.2 Å². The fourth-order valence-corrected chi connectivity index (χ4v) is 2.28. The first-order valence-electron chi connectivity index (χ1n) is 7.60. The fourth-order valence-electron chi connectivity index (χ4n) is 2.15. The lowest BCUT2D eigenvalue weighted by Gasteiger charge is -2.26. The number of anilines is 1. The zero-order chi connectivity index (χ0) is 16.9. The summed E-state index contributed by atoms with van der Waals surface area (Å²) in [6.45, 7) is 4.32. The van der Waals surface area contributed by atoms with Crippen LogP contribution in [-0.2, 0) is 4.79 Å². The van der Waals surface area contributed by atoms with E-state index in [2.05, 4.69) is 48.6 Å². The van der Waals surface area contributed by atoms with Gasteiger partial charge in [0.2, 0.25) is 5.91 Å². The lowest BCUT2D eigenvalue weighted by Crippen LogP contribution is -3.07. The Morgan fingerprint density at radius 3 is 2.23 bits per heavy atom. The van der Waals surface area contributed by atoms with Gasteiger partial charge in [-0.3, -0.25) is 4.79 Å². The highest BCUT2D eigenvalue weighted by molar-refractivity contribution is 6.19. The van der Waals surface area contributed by atoms with Gasteiger partial charge < -0.3 is 15.1 Å². The van der Waals surface area contributed by atoms with E-state index in [4.69, 9.17) is 11.6 Å². The summed E-state index contributed by atoms with van der Waals surface area (Å²) in [5, 5.41) is 3.04. The molecule has 0 aliphatic rings. The van der Waals surface area contributed by atoms with Gasteiger partial charge in [-0.25, -0.2) is 0 Å². The van der Waals surface area contributed by atoms with Crippen LogP contribution in [0.1, 0.15) is 25.5 Å². The Bertz CT molecular complexity index is 483. The summed E-state index contributed by atoms with van der Waals surface area (Å²) in [6, 6.07) is 8.69. The summed E-state index contributed by atoms with van der Waals surface area (Å²) in [5.41, 5.74) is 1.85. The van der Waals surface area contributed by atoms with Crippen LogP contribution >= 0.6 is 11.6 Å². The Labute approximate surface area is 139 Å². The molecule has 4 nitrogen and oxygen atoms in total. The molecular formula is C17H29ClN3O+. The third-order valence-corrected chi connectivity index (χ3v) is 4.59. The number of nitrogens with one attached hydrogen (secondary N) is 2. The van der Waals surface area contributed by atoms with Gasteiger partial charge in [-0.2, -0.15) is 0 Å². The van der Waals surface area contributed by atoms with Crippen LogP contribution in [-0.4, -0.2) is 46.5 Å². The van der Waals surface area contributed by atoms with Crippen molar-refractivity contribution in [1.29, 1.82) is 0 Å². The van der Waals surface area contributed by atoms with Crippen LogP contribution in [0.2, 0.25) is 0 Å². The summed E-state index contributed by atoms with van der Waals surface area (Å²) in [7, 11) is 8.25. The van der Waals surface area contributed by atoms with Crippen LogP contribution in [0.25, 0.3) is 0 Å². The molecule has 0 spiro atoms. The Hall–Kier alpha value is -1.26. The largest absolute Gasteiger partial charge is 0.378 e. The quantitative estimate of drug-likeness (QED) is 0.742. The van der Waals surface area contributed by atoms with E-state index in [0.29, 0.717) is 12.4 Å². The van der Waals surface area contributed by atoms with Crippen molar-refractivity contribution in [3.05, 3.63) is 29.8 Å². The summed E-state index contributed by atoms with van der Waals surface area (Å²) in [6.07, 6.45) is 0. The molecule has 1 aromatic rings. The van der Waals surface area contributed by atoms with E-state index in [0.717, 1.165) is 0 Å². The molecule has 0 radical (unpaired) electrons. The van der Waals surface area contributed by atoms with E-state index in [9.17, 15) is 4.79 Å². The molecule has 0 aliphatic heterocycles. The standard InChI is InChI=1S/C17H28ClN3O/c1-17(2,12-18)16(22)19-11-15(21(5)6)13-7-9-14(10-8-13)20(3)4/h7-10,15H,11-12H2,1-6H3,(H,19,22)/p+1/t15-/m0/s1. The van der Waals surface area contributed by atoms with E-state index >= 15 is 0 Å². The zero-order valence-corrected chi connectivity index (χ0v) is 15.3. The number of hydrogen-bond acceptors (Lipinski definition) is 2. The average Bonchev–Trinajstić information content (AvgIpc) is 2.47. The molecule has 0 saturated heterocycles. The molecule has 1 rings (SSSR count). The molecule has 5 heteroatoms. The van der Waals surface area contributed by atoms with Gasteiger partial charge in [0.25, 0.3) is 0 Å². The van der Waals surface area contributed by atoms with Gasteiger partial charge in [0, 0.05) is 31.2 Å². The van der Waals surface area contributed by atoms with Gasteiger partial charge >= 0.3 is 0 Å². The zero-order valence-electron chi connectivity index (χ0n) is 14.5. The molecule has 0 aliphatic carbocycles. The SMILES string of the molecule is CN(C)c1ccc([C@H](CNC(=O)C(C)(C)CCl)[NH+](C)C)cc1. The molecule has 0 fully saturated rings. The monoisotopic (exact) mass is 326 g/mol. The molecule has 124 valence electrons. The van der Waals surface area contributed by atoms with Gasteiger partial charge in [-0.15, -0.1) is 11.6 Å². The number of quaternary nitrogens is 1. The minimum atomic E-state index is -0.539. The van der Waals surface area contributed by atoms with Crippen molar-refractivity contribution in [2.24, 2.45) is 5.41 Å². The molecule has 1 amide bonds. The Morgan fingerprint density at radius 1 is 1.27 bits per heavy atom. The Balaban J connectivity index is 2.80. The third-order valence-electron chi connectivity index (χ3n) is 3.92. The maximum Gasteiger partial charge on any atom is 0.227 e. The van der Waals surface area contributed by atoms with Gasteiger partial charge in [-0.05, 0) is 26.0 Å². The normalized spacial score (nSPS) is 13.1. The van der Waals surface area contributed by atoms with E-state index in [-0.39, 0.29) is 11.9 Å². The lowest BCUT2D eigenvalue weighted by atomic mass is 9.95. The van der Waals surface area contributed by atoms with E-state index in [1.807, 2.05) is 27.9 Å². The van der Waals surface area contributed by atoms with Crippen LogP contribution < -0.4 is 15.1 Å². The predicted octanol–water partition coefficient (Wildman–Crippen LogP) is 1.32. The van der Waals surface area contributed by atoms with Crippen molar-refractivity contribution in [2.75, 3.05) is 45.5 Å². The molecule has 22 heavy (non-hydrogen) atoms. The molecule has 0 unspecified atom stereocenters. The third kappa shape index (κ3) is 4.89. The number of carbonyl (C=O) groups excluding carboxylic acids is 1. The molecule has 0 saturated carbocycles. The number of nitrogens with zero attached hydrogens (tertiary/aromatic N) is 1. The number of rotatable bonds is 7. The molecule has 0 aromatic heterocycles. The summed E-state index contributed by atoms with van der Waals surface area (Å²) in [4.78, 5) is 15.5. The summed E-state index contributed by atoms with van der Waals surface area (Å²) < 4.78 is 0. The van der Waals surface area contributed by atoms with Crippen molar-refractivity contribution in [1.82, 2.24) is 5.32 Å². The second-order valence-electron chi connectivity index (χ2n) is 6.84. The topological polar surface area (TPSA) is 36.8 Å². The van der Waals surface area contributed by atoms with Crippen molar-refractivity contribution < 1.29 is 9.69 Å². The average molecular weight is 327 g/mol. The van der Waals surface area contributed by atoms with Crippen molar-refractivity contribution in [3.63, 3.8) is 0 Å². The van der Waals surface area contributed by atoms with Crippen LogP contribution in [0.3, 0.4) is 0 Å². The number of carbonyl (C=O) groups is 1. The first-order chi connectivity index (χ1) is 10.2. The van der Waals surface area contributed by atoms with E-state index < -0.39 is 5.41 Å². The Kier molecular flexibility index (Phi) is 6.69. The van der Waals surface area contributed by atoms with Crippen LogP contribution in [0.5, 0.6) is 0 Å². The highest BCUT2D eigenvalue weighted by atomic mass is 35.5. The fraction of sp³-hybridized carbons (Fsp3) is 0.588. The molecule has 0 heterocycles. The van der Waals surface area contributed by atoms with Crippen molar-refractivity contribution in [3.8, 4) is 0 Å².